The van der Waals surface area contributed by atoms with Gasteiger partial charge in [0.1, 0.15) is 35.3 Å². The Morgan fingerprint density at radius 1 is 1.29 bits per heavy atom. The average Bonchev–Trinajstić information content (AvgIpc) is 3.64. The molecule has 0 aliphatic carbocycles. The third kappa shape index (κ3) is 4.39. The van der Waals surface area contributed by atoms with Gasteiger partial charge in [0.05, 0.1) is 31.9 Å². The molecule has 6 rings (SSSR count). The van der Waals surface area contributed by atoms with Crippen LogP contribution >= 0.6 is 7.82 Å². The third-order valence-electron chi connectivity index (χ3n) is 6.61. The molecular formula is C23H25N6O8P. The molecule has 38 heavy (non-hydrogen) atoms. The summed E-state index contributed by atoms with van der Waals surface area (Å²) >= 11 is 0. The largest absolute Gasteiger partial charge is 0.475 e. The molecule has 14 nitrogen and oxygen atoms in total. The van der Waals surface area contributed by atoms with Crippen LogP contribution in [-0.4, -0.2) is 65.7 Å². The SMILES string of the molecule is C[C@@]1(O)[C@H](O)[C@@H](CO[P@@]2(=O)OCC[C@@H](c3ccnc(-c4ccco4)c3)O2)O[C@H]1n1cnc2c(N)ncnc21. The van der Waals surface area contributed by atoms with Crippen molar-refractivity contribution >= 4 is 24.8 Å². The van der Waals surface area contributed by atoms with Gasteiger partial charge in [0.15, 0.2) is 23.5 Å². The summed E-state index contributed by atoms with van der Waals surface area (Å²) in [6.07, 6.45) is 2.09. The molecule has 4 N–H and O–H groups in total. The highest BCUT2D eigenvalue weighted by atomic mass is 31.2. The van der Waals surface area contributed by atoms with E-state index in [0.29, 0.717) is 29.0 Å². The minimum absolute atomic E-state index is 0.122. The van der Waals surface area contributed by atoms with Crippen LogP contribution < -0.4 is 5.73 Å². The number of nitrogen functional groups attached to an aromatic ring is 1. The van der Waals surface area contributed by atoms with Gasteiger partial charge in [-0.3, -0.25) is 23.1 Å². The topological polar surface area (TPSA) is 190 Å². The van der Waals surface area contributed by atoms with Gasteiger partial charge >= 0.3 is 7.82 Å². The lowest BCUT2D eigenvalue weighted by atomic mass is 9.96. The van der Waals surface area contributed by atoms with Crippen molar-refractivity contribution in [1.82, 2.24) is 24.5 Å². The van der Waals surface area contributed by atoms with E-state index in [2.05, 4.69) is 19.9 Å². The summed E-state index contributed by atoms with van der Waals surface area (Å²) in [7, 11) is -4.03. The molecule has 0 amide bonds. The summed E-state index contributed by atoms with van der Waals surface area (Å²) in [5.74, 6) is 0.753. The number of hydrogen-bond acceptors (Lipinski definition) is 13. The number of hydrogen-bond donors (Lipinski definition) is 3. The minimum Gasteiger partial charge on any atom is -0.463 e. The zero-order chi connectivity index (χ0) is 26.5. The first-order chi connectivity index (χ1) is 18.2. The lowest BCUT2D eigenvalue weighted by Gasteiger charge is -2.30. The van der Waals surface area contributed by atoms with Crippen LogP contribution in [0.5, 0.6) is 0 Å². The molecule has 0 saturated carbocycles. The number of anilines is 1. The molecular weight excluding hydrogens is 519 g/mol. The Kier molecular flexibility index (Phi) is 6.27. The fraction of sp³-hybridized carbons (Fsp3) is 0.391. The monoisotopic (exact) mass is 544 g/mol. The average molecular weight is 544 g/mol. The highest BCUT2D eigenvalue weighted by Gasteiger charge is 2.54. The van der Waals surface area contributed by atoms with E-state index in [-0.39, 0.29) is 19.0 Å². The van der Waals surface area contributed by atoms with Gasteiger partial charge in [-0.15, -0.1) is 0 Å². The van der Waals surface area contributed by atoms with Crippen LogP contribution in [0.3, 0.4) is 0 Å². The van der Waals surface area contributed by atoms with E-state index in [0.717, 1.165) is 5.56 Å². The molecule has 2 saturated heterocycles. The Labute approximate surface area is 216 Å². The maximum Gasteiger partial charge on any atom is 0.475 e. The molecule has 6 atom stereocenters. The van der Waals surface area contributed by atoms with E-state index in [9.17, 15) is 14.8 Å². The van der Waals surface area contributed by atoms with Gasteiger partial charge < -0.3 is 25.1 Å². The number of rotatable bonds is 6. The quantitative estimate of drug-likeness (QED) is 0.300. The first-order valence-corrected chi connectivity index (χ1v) is 13.3. The summed E-state index contributed by atoms with van der Waals surface area (Å²) < 4.78 is 42.8. The van der Waals surface area contributed by atoms with Crippen LogP contribution in [0.15, 0.2) is 53.8 Å². The number of aliphatic hydroxyl groups is 2. The molecule has 0 unspecified atom stereocenters. The lowest BCUT2D eigenvalue weighted by molar-refractivity contribution is -0.0953. The van der Waals surface area contributed by atoms with Crippen LogP contribution in [0.4, 0.5) is 5.82 Å². The summed E-state index contributed by atoms with van der Waals surface area (Å²) in [5, 5.41) is 21.9. The van der Waals surface area contributed by atoms with Crippen LogP contribution in [0.2, 0.25) is 0 Å². The van der Waals surface area contributed by atoms with E-state index in [1.165, 1.54) is 24.1 Å². The molecule has 2 fully saturated rings. The minimum atomic E-state index is -4.03. The molecule has 0 radical (unpaired) electrons. The summed E-state index contributed by atoms with van der Waals surface area (Å²) in [6.45, 7) is 1.15. The fourth-order valence-corrected chi connectivity index (χ4v) is 5.99. The van der Waals surface area contributed by atoms with Gasteiger partial charge in [0.2, 0.25) is 0 Å². The summed E-state index contributed by atoms with van der Waals surface area (Å²) in [5.41, 5.74) is 6.06. The predicted octanol–water partition coefficient (Wildman–Crippen LogP) is 2.38. The summed E-state index contributed by atoms with van der Waals surface area (Å²) in [6, 6.07) is 7.09. The smallest absolute Gasteiger partial charge is 0.463 e. The molecule has 0 aromatic carbocycles. The maximum atomic E-state index is 13.3. The summed E-state index contributed by atoms with van der Waals surface area (Å²) in [4.78, 5) is 16.5. The lowest BCUT2D eigenvalue weighted by Crippen LogP contribution is -2.44. The van der Waals surface area contributed by atoms with E-state index >= 15 is 0 Å². The number of furan rings is 1. The number of ether oxygens (including phenoxy) is 1. The number of phosphoric ester groups is 1. The second kappa shape index (κ2) is 9.50. The Bertz CT molecular complexity index is 1490. The van der Waals surface area contributed by atoms with E-state index in [1.807, 2.05) is 0 Å². The Hall–Kier alpha value is -3.23. The second-order valence-electron chi connectivity index (χ2n) is 9.19. The number of nitrogens with zero attached hydrogens (tertiary/aromatic N) is 5. The van der Waals surface area contributed by atoms with Gasteiger partial charge in [-0.2, -0.15) is 0 Å². The highest BCUT2D eigenvalue weighted by Crippen LogP contribution is 2.57. The van der Waals surface area contributed by atoms with Crippen molar-refractivity contribution < 1.29 is 37.5 Å². The van der Waals surface area contributed by atoms with Crippen LogP contribution in [0.1, 0.15) is 31.2 Å². The zero-order valence-corrected chi connectivity index (χ0v) is 21.0. The first-order valence-electron chi connectivity index (χ1n) is 11.8. The molecule has 0 bridgehead atoms. The van der Waals surface area contributed by atoms with Crippen molar-refractivity contribution in [2.75, 3.05) is 18.9 Å². The molecule has 15 heteroatoms. The van der Waals surface area contributed by atoms with Gasteiger partial charge in [0, 0.05) is 12.6 Å². The number of pyridine rings is 1. The fourth-order valence-electron chi connectivity index (χ4n) is 4.60. The molecule has 6 heterocycles. The Morgan fingerprint density at radius 3 is 2.97 bits per heavy atom. The van der Waals surface area contributed by atoms with Gasteiger partial charge in [-0.05, 0) is 36.8 Å². The predicted molar refractivity (Wildman–Crippen MR) is 130 cm³/mol. The van der Waals surface area contributed by atoms with Gasteiger partial charge in [-0.1, -0.05) is 0 Å². The van der Waals surface area contributed by atoms with Gasteiger partial charge in [0.25, 0.3) is 0 Å². The van der Waals surface area contributed by atoms with Crippen LogP contribution in [-0.2, 0) is 22.9 Å². The number of imidazole rings is 1. The van der Waals surface area contributed by atoms with Crippen molar-refractivity contribution in [2.45, 2.75) is 43.5 Å². The Morgan fingerprint density at radius 2 is 2.16 bits per heavy atom. The van der Waals surface area contributed by atoms with E-state index < -0.39 is 38.0 Å². The molecule has 2 aliphatic heterocycles. The standard InChI is InChI=1S/C23H25N6O8P/c1-23(31)19(30)17(36-22(23)29-12-28-18-20(24)26-11-27-21(18)29)10-35-38(32)34-8-5-15(37-38)13-4-6-25-14(9-13)16-3-2-7-33-16/h2-4,6-7,9,11-12,15,17,19,22,30-31H,5,8,10H2,1H3,(H2,24,26,27)/t15-,17+,19+,22+,23+,38+/m0/s1. The number of nitrogens with two attached hydrogens (primary N) is 1. The van der Waals surface area contributed by atoms with E-state index in [4.69, 9.17) is 28.5 Å². The van der Waals surface area contributed by atoms with Crippen molar-refractivity contribution in [3.63, 3.8) is 0 Å². The number of phosphoric acid groups is 1. The molecule has 2 aliphatic rings. The van der Waals surface area contributed by atoms with Crippen molar-refractivity contribution in [3.8, 4) is 11.5 Å². The van der Waals surface area contributed by atoms with Crippen LogP contribution in [0.25, 0.3) is 22.6 Å². The second-order valence-corrected chi connectivity index (χ2v) is 10.8. The zero-order valence-electron chi connectivity index (χ0n) is 20.2. The van der Waals surface area contributed by atoms with Crippen molar-refractivity contribution in [2.24, 2.45) is 0 Å². The highest BCUT2D eigenvalue weighted by molar-refractivity contribution is 7.48. The maximum absolute atomic E-state index is 13.3. The molecule has 200 valence electrons. The Balaban J connectivity index is 1.16. The number of aromatic nitrogens is 5. The first kappa shape index (κ1) is 25.1. The third-order valence-corrected chi connectivity index (χ3v) is 8.08. The number of aliphatic hydroxyl groups excluding tert-OH is 1. The normalized spacial score (nSPS) is 31.7. The molecule has 4 aromatic rings. The molecule has 4 aromatic heterocycles. The van der Waals surface area contributed by atoms with Crippen molar-refractivity contribution in [1.29, 1.82) is 0 Å². The number of fused-ring (bicyclic) bond motifs is 1. The van der Waals surface area contributed by atoms with Gasteiger partial charge in [-0.25, -0.2) is 19.5 Å². The van der Waals surface area contributed by atoms with Crippen molar-refractivity contribution in [3.05, 3.63) is 54.9 Å². The van der Waals surface area contributed by atoms with E-state index in [1.54, 1.807) is 36.7 Å². The van der Waals surface area contributed by atoms with Crippen LogP contribution in [0, 0.1) is 0 Å². The molecule has 0 spiro atoms.